The lowest BCUT2D eigenvalue weighted by atomic mass is 10.2. The Morgan fingerprint density at radius 3 is 3.06 bits per heavy atom. The van der Waals surface area contributed by atoms with E-state index in [1.165, 1.54) is 0 Å². The van der Waals surface area contributed by atoms with Crippen LogP contribution in [0.15, 0.2) is 29.8 Å². The summed E-state index contributed by atoms with van der Waals surface area (Å²) in [5.74, 6) is 1.83. The van der Waals surface area contributed by atoms with Crippen LogP contribution in [-0.4, -0.2) is 23.6 Å². The number of rotatable bonds is 5. The smallest absolute Gasteiger partial charge is 0.214 e. The van der Waals surface area contributed by atoms with Crippen molar-refractivity contribution in [2.45, 2.75) is 12.8 Å². The van der Waals surface area contributed by atoms with E-state index in [0.29, 0.717) is 11.8 Å². The van der Waals surface area contributed by atoms with E-state index in [0.717, 1.165) is 17.4 Å². The van der Waals surface area contributed by atoms with Crippen molar-refractivity contribution in [1.29, 1.82) is 0 Å². The second-order valence-electron chi connectivity index (χ2n) is 3.72. The lowest BCUT2D eigenvalue weighted by molar-refractivity contribution is 0.398. The minimum atomic E-state index is 0.378. The van der Waals surface area contributed by atoms with Gasteiger partial charge in [-0.25, -0.2) is 4.98 Å². The standard InChI is InChI=1S/C12H15N3OS/c1-9(12-13-6-7-17-12)8-14-10-4-3-5-11(15-10)16-2/h3-7,9H,8H2,1-2H3,(H,14,15). The first-order valence-corrected chi connectivity index (χ1v) is 6.32. The van der Waals surface area contributed by atoms with Crippen molar-refractivity contribution in [3.05, 3.63) is 34.8 Å². The fraction of sp³-hybridized carbons (Fsp3) is 0.333. The summed E-state index contributed by atoms with van der Waals surface area (Å²) >= 11 is 1.68. The Kier molecular flexibility index (Phi) is 3.93. The van der Waals surface area contributed by atoms with Crippen molar-refractivity contribution >= 4 is 17.2 Å². The van der Waals surface area contributed by atoms with Gasteiger partial charge in [0.2, 0.25) is 5.88 Å². The summed E-state index contributed by atoms with van der Waals surface area (Å²) in [6.45, 7) is 2.96. The highest BCUT2D eigenvalue weighted by molar-refractivity contribution is 7.09. The lowest BCUT2D eigenvalue weighted by Gasteiger charge is -2.11. The van der Waals surface area contributed by atoms with Crippen LogP contribution in [0.5, 0.6) is 5.88 Å². The number of methoxy groups -OCH3 is 1. The zero-order valence-corrected chi connectivity index (χ0v) is 10.7. The van der Waals surface area contributed by atoms with Crippen LogP contribution in [0.1, 0.15) is 17.8 Å². The van der Waals surface area contributed by atoms with Crippen molar-refractivity contribution < 1.29 is 4.74 Å². The van der Waals surface area contributed by atoms with E-state index in [1.807, 2.05) is 29.8 Å². The zero-order chi connectivity index (χ0) is 12.1. The molecular formula is C12H15N3OS. The quantitative estimate of drug-likeness (QED) is 0.885. The van der Waals surface area contributed by atoms with Crippen LogP contribution in [0.25, 0.3) is 0 Å². The summed E-state index contributed by atoms with van der Waals surface area (Å²) in [5.41, 5.74) is 0. The highest BCUT2D eigenvalue weighted by atomic mass is 32.1. The third kappa shape index (κ3) is 3.17. The van der Waals surface area contributed by atoms with E-state index in [2.05, 4.69) is 22.2 Å². The van der Waals surface area contributed by atoms with E-state index in [9.17, 15) is 0 Å². The molecule has 2 rings (SSSR count). The van der Waals surface area contributed by atoms with Crippen molar-refractivity contribution in [3.8, 4) is 5.88 Å². The van der Waals surface area contributed by atoms with Gasteiger partial charge in [0.1, 0.15) is 5.82 Å². The van der Waals surface area contributed by atoms with Crippen molar-refractivity contribution in [2.75, 3.05) is 19.0 Å². The molecule has 0 aliphatic carbocycles. The molecule has 4 nitrogen and oxygen atoms in total. The summed E-state index contributed by atoms with van der Waals surface area (Å²) < 4.78 is 5.07. The average molecular weight is 249 g/mol. The molecule has 0 aliphatic rings. The molecule has 1 unspecified atom stereocenters. The highest BCUT2D eigenvalue weighted by Gasteiger charge is 2.08. The van der Waals surface area contributed by atoms with Crippen LogP contribution >= 0.6 is 11.3 Å². The van der Waals surface area contributed by atoms with E-state index in [4.69, 9.17) is 4.74 Å². The average Bonchev–Trinajstić information content (AvgIpc) is 2.90. The van der Waals surface area contributed by atoms with Crippen LogP contribution in [0.2, 0.25) is 0 Å². The fourth-order valence-corrected chi connectivity index (χ4v) is 2.15. The number of hydrogen-bond acceptors (Lipinski definition) is 5. The third-order valence-corrected chi connectivity index (χ3v) is 3.40. The molecule has 2 aromatic heterocycles. The summed E-state index contributed by atoms with van der Waals surface area (Å²) in [4.78, 5) is 8.59. The minimum Gasteiger partial charge on any atom is -0.481 e. The first-order valence-electron chi connectivity index (χ1n) is 5.44. The molecule has 2 heterocycles. The van der Waals surface area contributed by atoms with Crippen molar-refractivity contribution in [1.82, 2.24) is 9.97 Å². The molecule has 5 heteroatoms. The second-order valence-corrected chi connectivity index (χ2v) is 4.64. The number of nitrogens with zero attached hydrogens (tertiary/aromatic N) is 2. The molecule has 0 amide bonds. The van der Waals surface area contributed by atoms with Crippen LogP contribution in [0.3, 0.4) is 0 Å². The normalized spacial score (nSPS) is 12.1. The number of pyridine rings is 1. The zero-order valence-electron chi connectivity index (χ0n) is 9.88. The summed E-state index contributed by atoms with van der Waals surface area (Å²) in [5, 5.41) is 6.42. The molecule has 1 N–H and O–H groups in total. The van der Waals surface area contributed by atoms with Gasteiger partial charge < -0.3 is 10.1 Å². The van der Waals surface area contributed by atoms with Gasteiger partial charge in [-0.15, -0.1) is 11.3 Å². The Morgan fingerprint density at radius 2 is 2.35 bits per heavy atom. The van der Waals surface area contributed by atoms with Gasteiger partial charge >= 0.3 is 0 Å². The van der Waals surface area contributed by atoms with E-state index in [1.54, 1.807) is 18.4 Å². The van der Waals surface area contributed by atoms with E-state index in [-0.39, 0.29) is 0 Å². The molecular weight excluding hydrogens is 234 g/mol. The molecule has 0 radical (unpaired) electrons. The highest BCUT2D eigenvalue weighted by Crippen LogP contribution is 2.18. The van der Waals surface area contributed by atoms with Crippen LogP contribution < -0.4 is 10.1 Å². The summed E-state index contributed by atoms with van der Waals surface area (Å²) in [6.07, 6.45) is 1.83. The first kappa shape index (κ1) is 11.9. The molecule has 0 aliphatic heterocycles. The van der Waals surface area contributed by atoms with Crippen molar-refractivity contribution in [3.63, 3.8) is 0 Å². The SMILES string of the molecule is COc1cccc(NCC(C)c2nccs2)n1. The number of hydrogen-bond donors (Lipinski definition) is 1. The topological polar surface area (TPSA) is 47.0 Å². The largest absolute Gasteiger partial charge is 0.481 e. The maximum Gasteiger partial charge on any atom is 0.214 e. The second kappa shape index (κ2) is 5.63. The van der Waals surface area contributed by atoms with Gasteiger partial charge in [0.05, 0.1) is 12.1 Å². The Morgan fingerprint density at radius 1 is 1.47 bits per heavy atom. The Hall–Kier alpha value is -1.62. The molecule has 90 valence electrons. The number of nitrogens with one attached hydrogen (secondary N) is 1. The molecule has 0 aromatic carbocycles. The number of thiazole rings is 1. The molecule has 0 saturated heterocycles. The van der Waals surface area contributed by atoms with Gasteiger partial charge in [-0.05, 0) is 6.07 Å². The van der Waals surface area contributed by atoms with Gasteiger partial charge in [0, 0.05) is 30.1 Å². The van der Waals surface area contributed by atoms with Gasteiger partial charge in [-0.2, -0.15) is 4.98 Å². The molecule has 0 saturated carbocycles. The first-order chi connectivity index (χ1) is 8.29. The Bertz CT molecular complexity index is 459. The number of ether oxygens (including phenoxy) is 1. The van der Waals surface area contributed by atoms with Gasteiger partial charge in [0.15, 0.2) is 0 Å². The number of aromatic nitrogens is 2. The predicted molar refractivity (Wildman–Crippen MR) is 69.8 cm³/mol. The molecule has 1 atom stereocenters. The van der Waals surface area contributed by atoms with Gasteiger partial charge in [0.25, 0.3) is 0 Å². The fourth-order valence-electron chi connectivity index (χ4n) is 1.45. The molecule has 2 aromatic rings. The number of anilines is 1. The van der Waals surface area contributed by atoms with E-state index < -0.39 is 0 Å². The van der Waals surface area contributed by atoms with Crippen LogP contribution in [-0.2, 0) is 0 Å². The maximum absolute atomic E-state index is 5.07. The van der Waals surface area contributed by atoms with Crippen LogP contribution in [0.4, 0.5) is 5.82 Å². The van der Waals surface area contributed by atoms with Gasteiger partial charge in [-0.3, -0.25) is 0 Å². The minimum absolute atomic E-state index is 0.378. The lowest BCUT2D eigenvalue weighted by Crippen LogP contribution is -2.10. The van der Waals surface area contributed by atoms with E-state index >= 15 is 0 Å². The third-order valence-electron chi connectivity index (χ3n) is 2.40. The van der Waals surface area contributed by atoms with Crippen LogP contribution in [0, 0.1) is 0 Å². The summed E-state index contributed by atoms with van der Waals surface area (Å²) in [7, 11) is 1.62. The monoisotopic (exact) mass is 249 g/mol. The molecule has 0 spiro atoms. The molecule has 0 bridgehead atoms. The molecule has 0 fully saturated rings. The predicted octanol–water partition coefficient (Wildman–Crippen LogP) is 2.76. The maximum atomic E-state index is 5.07. The Labute approximate surface area is 105 Å². The van der Waals surface area contributed by atoms with Crippen molar-refractivity contribution in [2.24, 2.45) is 0 Å². The van der Waals surface area contributed by atoms with Gasteiger partial charge in [-0.1, -0.05) is 13.0 Å². The Balaban J connectivity index is 1.93. The molecule has 17 heavy (non-hydrogen) atoms. The summed E-state index contributed by atoms with van der Waals surface area (Å²) in [6, 6.07) is 5.68.